The number of nitrogens with zero attached hydrogens (tertiary/aromatic N) is 4. The monoisotopic (exact) mass is 523 g/mol. The number of hydrogen-bond donors (Lipinski definition) is 1. The van der Waals surface area contributed by atoms with E-state index in [0.29, 0.717) is 22.5 Å². The van der Waals surface area contributed by atoms with E-state index in [9.17, 15) is 9.59 Å². The molecule has 7 nitrogen and oxygen atoms in total. The van der Waals surface area contributed by atoms with Crippen LogP contribution >= 0.6 is 22.9 Å². The Morgan fingerprint density at radius 3 is 2.83 bits per heavy atom. The lowest BCUT2D eigenvalue weighted by molar-refractivity contribution is -0.133. The van der Waals surface area contributed by atoms with Crippen LogP contribution in [0.5, 0.6) is 0 Å². The van der Waals surface area contributed by atoms with Gasteiger partial charge in [0.15, 0.2) is 10.9 Å². The largest absolute Gasteiger partial charge is 0.342 e. The smallest absolute Gasteiger partial charge is 0.223 e. The molecule has 4 aromatic rings. The molecule has 0 saturated carbocycles. The molecule has 0 spiro atoms. The molecule has 188 valence electrons. The molecule has 36 heavy (non-hydrogen) atoms. The van der Waals surface area contributed by atoms with Crippen LogP contribution in [0.2, 0.25) is 5.02 Å². The molecule has 3 heterocycles. The third-order valence-electron chi connectivity index (χ3n) is 6.91. The number of fused-ring (bicyclic) bond motifs is 2. The van der Waals surface area contributed by atoms with Gasteiger partial charge in [0, 0.05) is 43.6 Å². The zero-order valence-electron chi connectivity index (χ0n) is 20.6. The van der Waals surface area contributed by atoms with Crippen molar-refractivity contribution in [3.05, 3.63) is 47.0 Å². The lowest BCUT2D eigenvalue weighted by Gasteiger charge is -2.32. The number of nitrogens with one attached hydrogen (secondary N) is 1. The lowest BCUT2D eigenvalue weighted by Crippen LogP contribution is -2.40. The second kappa shape index (κ2) is 10.6. The van der Waals surface area contributed by atoms with Crippen LogP contribution in [0.3, 0.4) is 0 Å². The van der Waals surface area contributed by atoms with Gasteiger partial charge < -0.3 is 14.8 Å². The first-order valence-corrected chi connectivity index (χ1v) is 13.7. The molecule has 0 aliphatic carbocycles. The highest BCUT2D eigenvalue weighted by Gasteiger charge is 2.23. The van der Waals surface area contributed by atoms with Gasteiger partial charge >= 0.3 is 0 Å². The molecule has 9 heteroatoms. The first-order chi connectivity index (χ1) is 17.4. The minimum atomic E-state index is -0.0319. The normalized spacial score (nSPS) is 16.1. The van der Waals surface area contributed by atoms with Crippen LogP contribution in [-0.2, 0) is 11.8 Å². The first-order valence-electron chi connectivity index (χ1n) is 12.5. The number of carbonyl (C=O) groups excluding carboxylic acids is 2. The number of benzene rings is 2. The molecule has 1 unspecified atom stereocenters. The van der Waals surface area contributed by atoms with Crippen molar-refractivity contribution in [2.45, 2.75) is 45.4 Å². The minimum Gasteiger partial charge on any atom is -0.342 e. The number of thiazole rings is 1. The molecule has 1 atom stereocenters. The van der Waals surface area contributed by atoms with Gasteiger partial charge in [-0.15, -0.1) is 0 Å². The Hall–Kier alpha value is -2.97. The molecule has 1 saturated heterocycles. The number of imidazole rings is 1. The Bertz CT molecular complexity index is 1430. The van der Waals surface area contributed by atoms with Gasteiger partial charge in [0.25, 0.3) is 0 Å². The van der Waals surface area contributed by atoms with E-state index in [-0.39, 0.29) is 24.5 Å². The number of amides is 1. The van der Waals surface area contributed by atoms with Gasteiger partial charge in [-0.1, -0.05) is 36.3 Å². The maximum absolute atomic E-state index is 12.9. The predicted octanol–water partition coefficient (Wildman–Crippen LogP) is 6.58. The number of aryl methyl sites for hydroxylation is 1. The number of ketones is 1. The topological polar surface area (TPSA) is 80.1 Å². The van der Waals surface area contributed by atoms with E-state index in [2.05, 4.69) is 17.2 Å². The van der Waals surface area contributed by atoms with Gasteiger partial charge in [0.2, 0.25) is 11.9 Å². The number of halogens is 1. The summed E-state index contributed by atoms with van der Waals surface area (Å²) in [5.41, 5.74) is 3.08. The highest BCUT2D eigenvalue weighted by molar-refractivity contribution is 7.22. The molecule has 5 rings (SSSR count). The van der Waals surface area contributed by atoms with Gasteiger partial charge in [0.1, 0.15) is 0 Å². The van der Waals surface area contributed by atoms with Gasteiger partial charge in [0.05, 0.1) is 21.3 Å². The summed E-state index contributed by atoms with van der Waals surface area (Å²) in [5.74, 6) is 1.29. The molecule has 1 amide bonds. The number of likely N-dealkylation sites (tertiary alicyclic amines) is 1. The van der Waals surface area contributed by atoms with E-state index in [1.54, 1.807) is 0 Å². The number of Topliss-reactive ketones (excluding diaryl/α,β-unsaturated/α-hetero) is 1. The molecule has 2 aromatic heterocycles. The summed E-state index contributed by atoms with van der Waals surface area (Å²) in [6.07, 6.45) is 5.04. The maximum atomic E-state index is 12.9. The standard InChI is InChI=1S/C27H30ClN5O2S/c1-3-5-17-6-4-13-33(16-17)25(35)12-11-23(34)18-7-10-22-21(14-18)29-26(32(22)2)31-27-30-20-9-8-19(28)15-24(20)36-27/h7-10,14-15,17H,3-6,11-13,16H2,1-2H3,(H,29,30,31). The molecule has 1 aliphatic rings. The fourth-order valence-corrected chi connectivity index (χ4v) is 6.13. The van der Waals surface area contributed by atoms with Crippen LogP contribution < -0.4 is 5.32 Å². The molecule has 0 radical (unpaired) electrons. The minimum absolute atomic E-state index is 0.0319. The number of aromatic nitrogens is 3. The molecule has 2 aromatic carbocycles. The van der Waals surface area contributed by atoms with Crippen molar-refractivity contribution in [3.63, 3.8) is 0 Å². The van der Waals surface area contributed by atoms with E-state index < -0.39 is 0 Å². The molecular formula is C27H30ClN5O2S. The van der Waals surface area contributed by atoms with Crippen molar-refractivity contribution in [1.29, 1.82) is 0 Å². The summed E-state index contributed by atoms with van der Waals surface area (Å²) >= 11 is 7.60. The van der Waals surface area contributed by atoms with Crippen LogP contribution in [0.25, 0.3) is 21.3 Å². The van der Waals surface area contributed by atoms with E-state index in [0.717, 1.165) is 58.7 Å². The zero-order chi connectivity index (χ0) is 25.2. The number of hydrogen-bond acceptors (Lipinski definition) is 6. The molecule has 1 aliphatic heterocycles. The summed E-state index contributed by atoms with van der Waals surface area (Å²) in [6, 6.07) is 11.1. The van der Waals surface area contributed by atoms with Crippen molar-refractivity contribution in [2.75, 3.05) is 18.4 Å². The second-order valence-electron chi connectivity index (χ2n) is 9.51. The van der Waals surface area contributed by atoms with Gasteiger partial charge in [-0.25, -0.2) is 9.97 Å². The zero-order valence-corrected chi connectivity index (χ0v) is 22.2. The Morgan fingerprint density at radius 2 is 2.00 bits per heavy atom. The number of carbonyl (C=O) groups is 2. The Balaban J connectivity index is 1.25. The van der Waals surface area contributed by atoms with Gasteiger partial charge in [-0.2, -0.15) is 0 Å². The third kappa shape index (κ3) is 5.25. The fraction of sp³-hybridized carbons (Fsp3) is 0.407. The summed E-state index contributed by atoms with van der Waals surface area (Å²) in [7, 11) is 1.92. The van der Waals surface area contributed by atoms with Crippen molar-refractivity contribution >= 4 is 67.0 Å². The SMILES string of the molecule is CCCC1CCCN(C(=O)CCC(=O)c2ccc3c(c2)nc(Nc2nc4ccc(Cl)cc4s2)n3C)C1. The Labute approximate surface area is 219 Å². The first kappa shape index (κ1) is 24.7. The number of anilines is 2. The van der Waals surface area contributed by atoms with Crippen molar-refractivity contribution in [1.82, 2.24) is 19.4 Å². The third-order valence-corrected chi connectivity index (χ3v) is 8.08. The van der Waals surface area contributed by atoms with E-state index in [1.165, 1.54) is 17.8 Å². The second-order valence-corrected chi connectivity index (χ2v) is 11.0. The Kier molecular flexibility index (Phi) is 7.25. The van der Waals surface area contributed by atoms with Gasteiger partial charge in [-0.05, 0) is 61.6 Å². The number of piperidine rings is 1. The molecule has 0 bridgehead atoms. The quantitative estimate of drug-likeness (QED) is 0.264. The fourth-order valence-electron chi connectivity index (χ4n) is 4.99. The molecular weight excluding hydrogens is 494 g/mol. The van der Waals surface area contributed by atoms with Crippen LogP contribution in [0.1, 0.15) is 55.8 Å². The van der Waals surface area contributed by atoms with Gasteiger partial charge in [-0.3, -0.25) is 9.59 Å². The summed E-state index contributed by atoms with van der Waals surface area (Å²) in [5, 5.41) is 4.69. The molecule has 1 N–H and O–H groups in total. The van der Waals surface area contributed by atoms with Crippen LogP contribution in [0, 0.1) is 5.92 Å². The van der Waals surface area contributed by atoms with Crippen molar-refractivity contribution in [2.24, 2.45) is 13.0 Å². The van der Waals surface area contributed by atoms with Crippen LogP contribution in [0.4, 0.5) is 11.1 Å². The summed E-state index contributed by atoms with van der Waals surface area (Å²) in [6.45, 7) is 3.83. The van der Waals surface area contributed by atoms with E-state index in [1.807, 2.05) is 52.9 Å². The predicted molar refractivity (Wildman–Crippen MR) is 146 cm³/mol. The van der Waals surface area contributed by atoms with Crippen molar-refractivity contribution < 1.29 is 9.59 Å². The summed E-state index contributed by atoms with van der Waals surface area (Å²) < 4.78 is 2.94. The Morgan fingerprint density at radius 1 is 1.14 bits per heavy atom. The summed E-state index contributed by atoms with van der Waals surface area (Å²) in [4.78, 5) is 36.9. The van der Waals surface area contributed by atoms with Crippen molar-refractivity contribution in [3.8, 4) is 0 Å². The van der Waals surface area contributed by atoms with E-state index in [4.69, 9.17) is 16.6 Å². The van der Waals surface area contributed by atoms with Crippen LogP contribution in [-0.4, -0.2) is 44.2 Å². The van der Waals surface area contributed by atoms with Crippen LogP contribution in [0.15, 0.2) is 36.4 Å². The number of rotatable bonds is 8. The average molecular weight is 524 g/mol. The lowest BCUT2D eigenvalue weighted by atomic mass is 9.93. The highest BCUT2D eigenvalue weighted by Crippen LogP contribution is 2.31. The maximum Gasteiger partial charge on any atom is 0.223 e. The average Bonchev–Trinajstić information content (AvgIpc) is 3.41. The molecule has 1 fully saturated rings. The van der Waals surface area contributed by atoms with E-state index >= 15 is 0 Å². The highest BCUT2D eigenvalue weighted by atomic mass is 35.5.